The van der Waals surface area contributed by atoms with E-state index in [1.165, 1.54) is 12.1 Å². The van der Waals surface area contributed by atoms with Crippen LogP contribution in [0.4, 0.5) is 18.9 Å². The molecule has 1 aromatic carbocycles. The van der Waals surface area contributed by atoms with E-state index >= 15 is 0 Å². The number of anilines is 1. The Morgan fingerprint density at radius 3 is 2.29 bits per heavy atom. The zero-order valence-electron chi connectivity index (χ0n) is 9.21. The Bertz CT molecular complexity index is 385. The smallest absolute Gasteiger partial charge is 0.326 e. The summed E-state index contributed by atoms with van der Waals surface area (Å²) in [4.78, 5) is 11.0. The zero-order chi connectivity index (χ0) is 13.1. The van der Waals surface area contributed by atoms with Crippen LogP contribution in [0.1, 0.15) is 24.9 Å². The van der Waals surface area contributed by atoms with Crippen LogP contribution in [0.5, 0.6) is 0 Å². The van der Waals surface area contributed by atoms with Gasteiger partial charge in [0.25, 0.3) is 0 Å². The Hall–Kier alpha value is -1.56. The van der Waals surface area contributed by atoms with Crippen molar-refractivity contribution < 1.29 is 18.0 Å². The van der Waals surface area contributed by atoms with E-state index in [1.807, 2.05) is 0 Å². The van der Waals surface area contributed by atoms with Gasteiger partial charge < -0.3 is 11.1 Å². The minimum Gasteiger partial charge on any atom is -0.326 e. The molecule has 17 heavy (non-hydrogen) atoms. The zero-order valence-corrected chi connectivity index (χ0v) is 9.21. The number of benzene rings is 1. The molecule has 1 rings (SSSR count). The molecule has 1 amide bonds. The number of carbonyl (C=O) groups is 1. The van der Waals surface area contributed by atoms with Crippen LogP contribution in [0, 0.1) is 0 Å². The highest BCUT2D eigenvalue weighted by Gasteiger charge is 2.31. The maximum Gasteiger partial charge on any atom is 0.397 e. The lowest BCUT2D eigenvalue weighted by Crippen LogP contribution is -2.21. The van der Waals surface area contributed by atoms with E-state index in [0.29, 0.717) is 5.69 Å². The third-order valence-electron chi connectivity index (χ3n) is 2.08. The molecule has 0 aromatic heterocycles. The number of amides is 1. The third-order valence-corrected chi connectivity index (χ3v) is 2.08. The monoisotopic (exact) mass is 246 g/mol. The number of carbonyl (C=O) groups excluding carboxylic acids is 1. The predicted octanol–water partition coefficient (Wildman–Crippen LogP) is 2.60. The molecule has 0 saturated heterocycles. The molecule has 94 valence electrons. The summed E-state index contributed by atoms with van der Waals surface area (Å²) in [6, 6.07) is 6.21. The van der Waals surface area contributed by atoms with Gasteiger partial charge >= 0.3 is 6.18 Å². The van der Waals surface area contributed by atoms with Gasteiger partial charge in [0.05, 0.1) is 0 Å². The van der Waals surface area contributed by atoms with E-state index in [9.17, 15) is 18.0 Å². The molecule has 0 aliphatic heterocycles. The van der Waals surface area contributed by atoms with Gasteiger partial charge in [-0.15, -0.1) is 0 Å². The Morgan fingerprint density at radius 1 is 1.35 bits per heavy atom. The van der Waals surface area contributed by atoms with Crippen molar-refractivity contribution in [1.29, 1.82) is 0 Å². The Morgan fingerprint density at radius 2 is 1.88 bits per heavy atom. The third kappa shape index (κ3) is 4.86. The lowest BCUT2D eigenvalue weighted by Gasteiger charge is -2.09. The van der Waals surface area contributed by atoms with Crippen molar-refractivity contribution in [3.05, 3.63) is 29.8 Å². The van der Waals surface area contributed by atoms with Crippen LogP contribution in [0.3, 0.4) is 0 Å². The first-order valence-electron chi connectivity index (χ1n) is 5.00. The van der Waals surface area contributed by atoms with Crippen molar-refractivity contribution in [2.24, 2.45) is 5.73 Å². The first-order valence-corrected chi connectivity index (χ1v) is 5.00. The van der Waals surface area contributed by atoms with E-state index in [0.717, 1.165) is 5.56 Å². The number of hydrogen-bond acceptors (Lipinski definition) is 2. The molecular weight excluding hydrogens is 233 g/mol. The SMILES string of the molecule is CC(N)c1ccc(NC(=O)CC(F)(F)F)cc1. The molecule has 0 aliphatic carbocycles. The molecule has 1 unspecified atom stereocenters. The van der Waals surface area contributed by atoms with E-state index in [1.54, 1.807) is 19.1 Å². The van der Waals surface area contributed by atoms with E-state index in [2.05, 4.69) is 5.32 Å². The van der Waals surface area contributed by atoms with Crippen LogP contribution in [-0.4, -0.2) is 12.1 Å². The number of rotatable bonds is 3. The molecule has 6 heteroatoms. The summed E-state index contributed by atoms with van der Waals surface area (Å²) in [5.74, 6) is -1.08. The normalized spacial score (nSPS) is 13.2. The largest absolute Gasteiger partial charge is 0.397 e. The van der Waals surface area contributed by atoms with E-state index < -0.39 is 18.5 Å². The van der Waals surface area contributed by atoms with Crippen molar-refractivity contribution in [1.82, 2.24) is 0 Å². The Labute approximate surface area is 96.8 Å². The molecule has 0 aliphatic rings. The van der Waals surface area contributed by atoms with Crippen molar-refractivity contribution in [2.45, 2.75) is 25.6 Å². The average Bonchev–Trinajstić information content (AvgIpc) is 2.15. The molecule has 3 nitrogen and oxygen atoms in total. The van der Waals surface area contributed by atoms with Gasteiger partial charge in [-0.05, 0) is 24.6 Å². The molecule has 0 spiro atoms. The molecule has 0 fully saturated rings. The molecule has 0 saturated carbocycles. The number of alkyl halides is 3. The maximum absolute atomic E-state index is 11.9. The van der Waals surface area contributed by atoms with Crippen molar-refractivity contribution in [3.63, 3.8) is 0 Å². The van der Waals surface area contributed by atoms with Crippen LogP contribution in [0.25, 0.3) is 0 Å². The van der Waals surface area contributed by atoms with Crippen LogP contribution in [-0.2, 0) is 4.79 Å². The van der Waals surface area contributed by atoms with Crippen LogP contribution < -0.4 is 11.1 Å². The fraction of sp³-hybridized carbons (Fsp3) is 0.364. The second-order valence-corrected chi connectivity index (χ2v) is 3.75. The van der Waals surface area contributed by atoms with Crippen molar-refractivity contribution in [2.75, 3.05) is 5.32 Å². The quantitative estimate of drug-likeness (QED) is 0.861. The highest BCUT2D eigenvalue weighted by atomic mass is 19.4. The lowest BCUT2D eigenvalue weighted by molar-refractivity contribution is -0.150. The van der Waals surface area contributed by atoms with Gasteiger partial charge in [-0.3, -0.25) is 4.79 Å². The summed E-state index contributed by atoms with van der Waals surface area (Å²) in [5, 5.41) is 2.16. The second kappa shape index (κ2) is 5.18. The minimum absolute atomic E-state index is 0.157. The summed E-state index contributed by atoms with van der Waals surface area (Å²) in [6.45, 7) is 1.79. The Kier molecular flexibility index (Phi) is 4.11. The fourth-order valence-corrected chi connectivity index (χ4v) is 1.26. The summed E-state index contributed by atoms with van der Waals surface area (Å²) in [5.41, 5.74) is 6.78. The fourth-order valence-electron chi connectivity index (χ4n) is 1.26. The van der Waals surface area contributed by atoms with E-state index in [-0.39, 0.29) is 6.04 Å². The molecule has 0 bridgehead atoms. The number of nitrogens with one attached hydrogen (secondary N) is 1. The van der Waals surface area contributed by atoms with E-state index in [4.69, 9.17) is 5.73 Å². The minimum atomic E-state index is -4.49. The maximum atomic E-state index is 11.9. The lowest BCUT2D eigenvalue weighted by atomic mass is 10.1. The topological polar surface area (TPSA) is 55.1 Å². The highest BCUT2D eigenvalue weighted by Crippen LogP contribution is 2.21. The van der Waals surface area contributed by atoms with Crippen molar-refractivity contribution in [3.8, 4) is 0 Å². The number of halogens is 3. The summed E-state index contributed by atoms with van der Waals surface area (Å²) in [7, 11) is 0. The van der Waals surface area contributed by atoms with Gasteiger partial charge in [-0.2, -0.15) is 13.2 Å². The van der Waals surface area contributed by atoms with Gasteiger partial charge in [0.15, 0.2) is 0 Å². The van der Waals surface area contributed by atoms with Crippen LogP contribution in [0.2, 0.25) is 0 Å². The van der Waals surface area contributed by atoms with Gasteiger partial charge in [0.1, 0.15) is 6.42 Å². The predicted molar refractivity (Wildman–Crippen MR) is 58.3 cm³/mol. The first-order chi connectivity index (χ1) is 7.78. The Balaban J connectivity index is 2.61. The molecule has 0 radical (unpaired) electrons. The summed E-state index contributed by atoms with van der Waals surface area (Å²) >= 11 is 0. The molecule has 0 heterocycles. The molecule has 3 N–H and O–H groups in total. The summed E-state index contributed by atoms with van der Waals surface area (Å²) < 4.78 is 35.7. The van der Waals surface area contributed by atoms with Gasteiger partial charge in [-0.1, -0.05) is 12.1 Å². The highest BCUT2D eigenvalue weighted by molar-refractivity contribution is 5.91. The summed E-state index contributed by atoms with van der Waals surface area (Å²) in [6.07, 6.45) is -5.97. The van der Waals surface area contributed by atoms with Crippen LogP contribution >= 0.6 is 0 Å². The van der Waals surface area contributed by atoms with Crippen LogP contribution in [0.15, 0.2) is 24.3 Å². The van der Waals surface area contributed by atoms with Gasteiger partial charge in [0, 0.05) is 11.7 Å². The first kappa shape index (κ1) is 13.5. The van der Waals surface area contributed by atoms with Gasteiger partial charge in [0.2, 0.25) is 5.91 Å². The second-order valence-electron chi connectivity index (χ2n) is 3.75. The average molecular weight is 246 g/mol. The molecular formula is C11H13F3N2O. The molecule has 1 atom stereocenters. The standard InChI is InChI=1S/C11H13F3N2O/c1-7(15)8-2-4-9(5-3-8)16-10(17)6-11(12,13)14/h2-5,7H,6,15H2,1H3,(H,16,17). The van der Waals surface area contributed by atoms with Crippen molar-refractivity contribution >= 4 is 11.6 Å². The van der Waals surface area contributed by atoms with Gasteiger partial charge in [-0.25, -0.2) is 0 Å². The number of hydrogen-bond donors (Lipinski definition) is 2. The molecule has 1 aromatic rings. The number of nitrogens with two attached hydrogens (primary N) is 1.